The van der Waals surface area contributed by atoms with E-state index in [0.717, 1.165) is 25.7 Å². The van der Waals surface area contributed by atoms with E-state index in [-0.39, 0.29) is 0 Å². The summed E-state index contributed by atoms with van der Waals surface area (Å²) in [5, 5.41) is 10.1. The molecule has 21 heavy (non-hydrogen) atoms. The Kier molecular flexibility index (Phi) is 3.77. The largest absolute Gasteiger partial charge is 0.399 e. The Morgan fingerprint density at radius 2 is 1.86 bits per heavy atom. The minimum atomic E-state index is -0.697. The van der Waals surface area contributed by atoms with Crippen LogP contribution in [0.2, 0.25) is 0 Å². The first kappa shape index (κ1) is 14.6. The van der Waals surface area contributed by atoms with Gasteiger partial charge in [0.15, 0.2) is 0 Å². The SMILES string of the molecule is CC(O)c1nc2cc(N)ccc2n1-c1c(Br)cccc1Br. The van der Waals surface area contributed by atoms with Crippen molar-refractivity contribution in [3.05, 3.63) is 51.2 Å². The number of benzene rings is 2. The van der Waals surface area contributed by atoms with Crippen LogP contribution in [0.15, 0.2) is 45.3 Å². The van der Waals surface area contributed by atoms with Gasteiger partial charge >= 0.3 is 0 Å². The molecule has 1 atom stereocenters. The van der Waals surface area contributed by atoms with E-state index >= 15 is 0 Å². The molecule has 0 fully saturated rings. The molecule has 108 valence electrons. The lowest BCUT2D eigenvalue weighted by atomic mass is 10.2. The molecule has 1 aromatic heterocycles. The van der Waals surface area contributed by atoms with Crippen LogP contribution in [0.4, 0.5) is 5.69 Å². The van der Waals surface area contributed by atoms with Gasteiger partial charge in [0.1, 0.15) is 11.9 Å². The van der Waals surface area contributed by atoms with E-state index in [1.54, 1.807) is 6.92 Å². The van der Waals surface area contributed by atoms with Crippen molar-refractivity contribution in [1.82, 2.24) is 9.55 Å². The zero-order valence-electron chi connectivity index (χ0n) is 11.2. The predicted molar refractivity (Wildman–Crippen MR) is 91.5 cm³/mol. The van der Waals surface area contributed by atoms with Crippen molar-refractivity contribution in [2.45, 2.75) is 13.0 Å². The number of hydrogen-bond acceptors (Lipinski definition) is 3. The lowest BCUT2D eigenvalue weighted by molar-refractivity contribution is 0.187. The highest BCUT2D eigenvalue weighted by Crippen LogP contribution is 2.34. The number of halogens is 2. The molecule has 3 rings (SSSR count). The summed E-state index contributed by atoms with van der Waals surface area (Å²) in [4.78, 5) is 4.52. The second-order valence-corrected chi connectivity index (χ2v) is 6.51. The highest BCUT2D eigenvalue weighted by molar-refractivity contribution is 9.11. The number of imidazole rings is 1. The fourth-order valence-corrected chi connectivity index (χ4v) is 3.69. The van der Waals surface area contributed by atoms with Gasteiger partial charge in [-0.3, -0.25) is 4.57 Å². The normalized spacial score (nSPS) is 12.8. The van der Waals surface area contributed by atoms with Gasteiger partial charge in [-0.2, -0.15) is 0 Å². The lowest BCUT2D eigenvalue weighted by Gasteiger charge is -2.14. The molecule has 4 nitrogen and oxygen atoms in total. The summed E-state index contributed by atoms with van der Waals surface area (Å²) >= 11 is 7.13. The zero-order chi connectivity index (χ0) is 15.1. The number of aliphatic hydroxyl groups is 1. The number of nitrogen functional groups attached to an aromatic ring is 1. The Hall–Kier alpha value is -1.37. The van der Waals surface area contributed by atoms with E-state index in [1.165, 1.54) is 0 Å². The number of para-hydroxylation sites is 1. The van der Waals surface area contributed by atoms with Crippen LogP contribution in [0.5, 0.6) is 0 Å². The molecule has 0 aliphatic heterocycles. The molecule has 0 spiro atoms. The molecule has 0 saturated heterocycles. The Balaban J connectivity index is 2.42. The Morgan fingerprint density at radius 1 is 1.19 bits per heavy atom. The summed E-state index contributed by atoms with van der Waals surface area (Å²) < 4.78 is 3.76. The van der Waals surface area contributed by atoms with Crippen molar-refractivity contribution in [3.63, 3.8) is 0 Å². The van der Waals surface area contributed by atoms with E-state index < -0.39 is 6.10 Å². The van der Waals surface area contributed by atoms with Gasteiger partial charge in [0.05, 0.1) is 16.7 Å². The van der Waals surface area contributed by atoms with Crippen molar-refractivity contribution in [1.29, 1.82) is 0 Å². The van der Waals surface area contributed by atoms with E-state index in [1.807, 2.05) is 41.0 Å². The molecule has 0 aliphatic rings. The first-order valence-corrected chi connectivity index (χ1v) is 7.98. The Bertz CT molecular complexity index is 807. The van der Waals surface area contributed by atoms with Crippen LogP contribution >= 0.6 is 31.9 Å². The number of nitrogens with zero attached hydrogens (tertiary/aromatic N) is 2. The number of aliphatic hydroxyl groups excluding tert-OH is 1. The maximum Gasteiger partial charge on any atom is 0.143 e. The summed E-state index contributed by atoms with van der Waals surface area (Å²) in [6.45, 7) is 1.70. The number of rotatable bonds is 2. The number of anilines is 1. The predicted octanol–water partition coefficient (Wildman–Crippen LogP) is 4.19. The van der Waals surface area contributed by atoms with Crippen LogP contribution < -0.4 is 5.73 Å². The fraction of sp³-hybridized carbons (Fsp3) is 0.133. The minimum Gasteiger partial charge on any atom is -0.399 e. The highest BCUT2D eigenvalue weighted by Gasteiger charge is 2.19. The van der Waals surface area contributed by atoms with Gasteiger partial charge in [-0.25, -0.2) is 4.98 Å². The van der Waals surface area contributed by atoms with Gasteiger partial charge in [-0.05, 0) is 69.1 Å². The molecular weight excluding hydrogens is 398 g/mol. The lowest BCUT2D eigenvalue weighted by Crippen LogP contribution is -2.06. The molecular formula is C15H13Br2N3O. The molecule has 3 N–H and O–H groups in total. The smallest absolute Gasteiger partial charge is 0.143 e. The standard InChI is InChI=1S/C15H13Br2N3O/c1-8(21)15-19-12-7-9(18)5-6-13(12)20(15)14-10(16)3-2-4-11(14)17/h2-8,21H,18H2,1H3. The molecule has 2 aromatic carbocycles. The van der Waals surface area contributed by atoms with Crippen LogP contribution in [-0.2, 0) is 0 Å². The molecule has 1 unspecified atom stereocenters. The Morgan fingerprint density at radius 3 is 2.48 bits per heavy atom. The van der Waals surface area contributed by atoms with Crippen molar-refractivity contribution in [2.24, 2.45) is 0 Å². The monoisotopic (exact) mass is 409 g/mol. The van der Waals surface area contributed by atoms with Gasteiger partial charge in [0, 0.05) is 14.6 Å². The van der Waals surface area contributed by atoms with Gasteiger partial charge < -0.3 is 10.8 Å². The van der Waals surface area contributed by atoms with Crippen molar-refractivity contribution in [2.75, 3.05) is 5.73 Å². The molecule has 1 heterocycles. The molecule has 0 bridgehead atoms. The van der Waals surface area contributed by atoms with Crippen molar-refractivity contribution in [3.8, 4) is 5.69 Å². The van der Waals surface area contributed by atoms with Crippen molar-refractivity contribution < 1.29 is 5.11 Å². The van der Waals surface area contributed by atoms with E-state index in [4.69, 9.17) is 5.73 Å². The fourth-order valence-electron chi connectivity index (χ4n) is 2.33. The second-order valence-electron chi connectivity index (χ2n) is 4.80. The maximum atomic E-state index is 10.1. The summed E-state index contributed by atoms with van der Waals surface area (Å²) in [6.07, 6.45) is -0.697. The third kappa shape index (κ3) is 2.47. The average Bonchev–Trinajstić information content (AvgIpc) is 2.77. The van der Waals surface area contributed by atoms with Gasteiger partial charge in [-0.1, -0.05) is 6.07 Å². The average molecular weight is 411 g/mol. The molecule has 6 heteroatoms. The summed E-state index contributed by atoms with van der Waals surface area (Å²) in [5.41, 5.74) is 9.03. The van der Waals surface area contributed by atoms with Gasteiger partial charge in [0.2, 0.25) is 0 Å². The number of hydrogen-bond donors (Lipinski definition) is 2. The van der Waals surface area contributed by atoms with Crippen LogP contribution in [-0.4, -0.2) is 14.7 Å². The molecule has 0 amide bonds. The van der Waals surface area contributed by atoms with Crippen LogP contribution in [0.3, 0.4) is 0 Å². The van der Waals surface area contributed by atoms with Crippen molar-refractivity contribution >= 4 is 48.6 Å². The van der Waals surface area contributed by atoms with Gasteiger partial charge in [-0.15, -0.1) is 0 Å². The molecule has 0 aliphatic carbocycles. The minimum absolute atomic E-state index is 0.572. The van der Waals surface area contributed by atoms with Gasteiger partial charge in [0.25, 0.3) is 0 Å². The topological polar surface area (TPSA) is 64.1 Å². The maximum absolute atomic E-state index is 10.1. The third-order valence-electron chi connectivity index (χ3n) is 3.24. The first-order chi connectivity index (χ1) is 9.99. The molecule has 3 aromatic rings. The van der Waals surface area contributed by atoms with Crippen LogP contribution in [0, 0.1) is 0 Å². The quantitative estimate of drug-likeness (QED) is 0.622. The summed E-state index contributed by atoms with van der Waals surface area (Å²) in [5.74, 6) is 0.572. The summed E-state index contributed by atoms with van der Waals surface area (Å²) in [7, 11) is 0. The molecule has 0 radical (unpaired) electrons. The van der Waals surface area contributed by atoms with E-state index in [2.05, 4.69) is 36.8 Å². The van der Waals surface area contributed by atoms with E-state index in [0.29, 0.717) is 11.5 Å². The van der Waals surface area contributed by atoms with Crippen LogP contribution in [0.1, 0.15) is 18.9 Å². The first-order valence-electron chi connectivity index (χ1n) is 6.39. The zero-order valence-corrected chi connectivity index (χ0v) is 14.4. The Labute approximate surface area is 138 Å². The number of nitrogens with two attached hydrogens (primary N) is 1. The van der Waals surface area contributed by atoms with E-state index in [9.17, 15) is 5.11 Å². The second kappa shape index (κ2) is 5.44. The summed E-state index contributed by atoms with van der Waals surface area (Å²) in [6, 6.07) is 11.4. The highest BCUT2D eigenvalue weighted by atomic mass is 79.9. The van der Waals surface area contributed by atoms with Crippen LogP contribution in [0.25, 0.3) is 16.7 Å². The molecule has 0 saturated carbocycles. The third-order valence-corrected chi connectivity index (χ3v) is 4.52. The number of aromatic nitrogens is 2. The number of fused-ring (bicyclic) bond motifs is 1.